The maximum absolute atomic E-state index is 12.9. The zero-order chi connectivity index (χ0) is 16.4. The Labute approximate surface area is 142 Å². The molecule has 1 aromatic carbocycles. The Kier molecular flexibility index (Phi) is 4.45. The average Bonchev–Trinajstić information content (AvgIpc) is 3.14. The average molecular weight is 325 g/mol. The summed E-state index contributed by atoms with van der Waals surface area (Å²) in [7, 11) is 0. The molecule has 24 heavy (non-hydrogen) atoms. The Morgan fingerprint density at radius 2 is 2.04 bits per heavy atom. The van der Waals surface area contributed by atoms with Crippen LogP contribution in [0, 0.1) is 5.92 Å². The largest absolute Gasteiger partial charge is 0.381 e. The van der Waals surface area contributed by atoms with Crippen molar-refractivity contribution in [1.29, 1.82) is 0 Å². The van der Waals surface area contributed by atoms with E-state index in [1.807, 2.05) is 35.2 Å². The molecular formula is C19H23N3O2. The van der Waals surface area contributed by atoms with Gasteiger partial charge in [-0.1, -0.05) is 12.1 Å². The Hall–Kier alpha value is -1.98. The van der Waals surface area contributed by atoms with Gasteiger partial charge in [-0.15, -0.1) is 0 Å². The number of pyridine rings is 1. The highest BCUT2D eigenvalue weighted by Crippen LogP contribution is 2.20. The van der Waals surface area contributed by atoms with Crippen molar-refractivity contribution in [2.45, 2.75) is 6.42 Å². The molecule has 0 N–H and O–H groups in total. The monoisotopic (exact) mass is 325 g/mol. The molecule has 0 aliphatic carbocycles. The van der Waals surface area contributed by atoms with Gasteiger partial charge in [-0.3, -0.25) is 14.7 Å². The molecule has 0 radical (unpaired) electrons. The van der Waals surface area contributed by atoms with Crippen LogP contribution in [0.15, 0.2) is 36.5 Å². The lowest BCUT2D eigenvalue weighted by Gasteiger charge is -2.36. The summed E-state index contributed by atoms with van der Waals surface area (Å²) in [6, 6.07) is 9.65. The second kappa shape index (κ2) is 6.87. The molecule has 5 heteroatoms. The fourth-order valence-electron chi connectivity index (χ4n) is 3.69. The van der Waals surface area contributed by atoms with E-state index < -0.39 is 0 Å². The summed E-state index contributed by atoms with van der Waals surface area (Å²) in [5, 5.41) is 0.940. The van der Waals surface area contributed by atoms with E-state index >= 15 is 0 Å². The number of carbonyl (C=O) groups excluding carboxylic acids is 1. The number of ether oxygens (including phenoxy) is 1. The zero-order valence-corrected chi connectivity index (χ0v) is 13.9. The minimum absolute atomic E-state index is 0.123. The minimum Gasteiger partial charge on any atom is -0.381 e. The van der Waals surface area contributed by atoms with Crippen molar-refractivity contribution in [3.8, 4) is 0 Å². The molecule has 126 valence electrons. The van der Waals surface area contributed by atoms with Crippen LogP contribution in [0.1, 0.15) is 16.8 Å². The molecule has 1 atom stereocenters. The normalized spacial score (nSPS) is 22.2. The zero-order valence-electron chi connectivity index (χ0n) is 13.9. The van der Waals surface area contributed by atoms with E-state index in [9.17, 15) is 4.79 Å². The third-order valence-corrected chi connectivity index (χ3v) is 5.08. The maximum atomic E-state index is 12.9. The molecule has 0 spiro atoms. The van der Waals surface area contributed by atoms with Gasteiger partial charge in [-0.25, -0.2) is 0 Å². The Morgan fingerprint density at radius 3 is 2.83 bits per heavy atom. The Bertz CT molecular complexity index is 714. The molecule has 1 amide bonds. The van der Waals surface area contributed by atoms with Gasteiger partial charge >= 0.3 is 0 Å². The summed E-state index contributed by atoms with van der Waals surface area (Å²) in [5.74, 6) is 0.786. The molecule has 2 aromatic rings. The van der Waals surface area contributed by atoms with Gasteiger partial charge in [0.05, 0.1) is 12.1 Å². The second-order valence-electron chi connectivity index (χ2n) is 6.70. The molecule has 0 bridgehead atoms. The highest BCUT2D eigenvalue weighted by atomic mass is 16.5. The summed E-state index contributed by atoms with van der Waals surface area (Å²) in [4.78, 5) is 21.7. The van der Waals surface area contributed by atoms with Crippen LogP contribution in [0.4, 0.5) is 0 Å². The molecule has 0 saturated carbocycles. The summed E-state index contributed by atoms with van der Waals surface area (Å²) in [5.41, 5.74) is 1.64. The van der Waals surface area contributed by atoms with Gasteiger partial charge in [0.1, 0.15) is 0 Å². The van der Waals surface area contributed by atoms with E-state index in [0.29, 0.717) is 5.92 Å². The van der Waals surface area contributed by atoms with Gasteiger partial charge in [0.15, 0.2) is 0 Å². The predicted octanol–water partition coefficient (Wildman–Crippen LogP) is 2.03. The first-order valence-corrected chi connectivity index (χ1v) is 8.74. The van der Waals surface area contributed by atoms with Crippen LogP contribution in [0.5, 0.6) is 0 Å². The van der Waals surface area contributed by atoms with E-state index in [-0.39, 0.29) is 5.91 Å². The third-order valence-electron chi connectivity index (χ3n) is 5.08. The highest BCUT2D eigenvalue weighted by Gasteiger charge is 2.26. The number of amides is 1. The minimum atomic E-state index is 0.123. The first-order valence-electron chi connectivity index (χ1n) is 8.74. The van der Waals surface area contributed by atoms with E-state index in [1.165, 1.54) is 6.42 Å². The molecule has 0 unspecified atom stereocenters. The molecule has 5 nitrogen and oxygen atoms in total. The first kappa shape index (κ1) is 15.5. The fraction of sp³-hybridized carbons (Fsp3) is 0.474. The topological polar surface area (TPSA) is 45.7 Å². The van der Waals surface area contributed by atoms with Crippen LogP contribution in [0.3, 0.4) is 0 Å². The lowest BCUT2D eigenvalue weighted by molar-refractivity contribution is 0.0613. The van der Waals surface area contributed by atoms with Crippen LogP contribution in [-0.4, -0.2) is 66.6 Å². The van der Waals surface area contributed by atoms with Crippen LogP contribution in [0.2, 0.25) is 0 Å². The number of aromatic nitrogens is 1. The van der Waals surface area contributed by atoms with Gasteiger partial charge in [-0.2, -0.15) is 0 Å². The van der Waals surface area contributed by atoms with Crippen LogP contribution >= 0.6 is 0 Å². The van der Waals surface area contributed by atoms with E-state index in [1.54, 1.807) is 6.20 Å². The number of hydrogen-bond donors (Lipinski definition) is 0. The first-order chi connectivity index (χ1) is 11.8. The van der Waals surface area contributed by atoms with Crippen molar-refractivity contribution in [3.63, 3.8) is 0 Å². The smallest absolute Gasteiger partial charge is 0.254 e. The van der Waals surface area contributed by atoms with Crippen molar-refractivity contribution in [2.75, 3.05) is 45.9 Å². The lowest BCUT2D eigenvalue weighted by atomic mass is 10.1. The highest BCUT2D eigenvalue weighted by molar-refractivity contribution is 6.06. The molecule has 2 saturated heterocycles. The molecule has 1 aromatic heterocycles. The number of piperazine rings is 1. The number of carbonyl (C=O) groups is 1. The Balaban J connectivity index is 1.42. The summed E-state index contributed by atoms with van der Waals surface area (Å²) in [6.45, 7) is 6.38. The summed E-state index contributed by atoms with van der Waals surface area (Å²) < 4.78 is 5.46. The van der Waals surface area contributed by atoms with Crippen LogP contribution in [-0.2, 0) is 4.74 Å². The van der Waals surface area contributed by atoms with Gasteiger partial charge < -0.3 is 9.64 Å². The van der Waals surface area contributed by atoms with E-state index in [4.69, 9.17) is 4.74 Å². The fourth-order valence-corrected chi connectivity index (χ4v) is 3.69. The lowest BCUT2D eigenvalue weighted by Crippen LogP contribution is -2.49. The molecule has 4 rings (SSSR count). The summed E-state index contributed by atoms with van der Waals surface area (Å²) in [6.07, 6.45) is 2.93. The Morgan fingerprint density at radius 1 is 1.17 bits per heavy atom. The number of nitrogens with zero attached hydrogens (tertiary/aromatic N) is 3. The van der Waals surface area contributed by atoms with Gasteiger partial charge in [-0.05, 0) is 30.5 Å². The molecule has 2 aliphatic heterocycles. The number of hydrogen-bond acceptors (Lipinski definition) is 4. The molecular weight excluding hydrogens is 302 g/mol. The van der Waals surface area contributed by atoms with E-state index in [0.717, 1.165) is 62.4 Å². The van der Waals surface area contributed by atoms with Crippen molar-refractivity contribution in [3.05, 3.63) is 42.1 Å². The maximum Gasteiger partial charge on any atom is 0.254 e. The molecule has 2 fully saturated rings. The quantitative estimate of drug-likeness (QED) is 0.866. The molecule has 3 heterocycles. The second-order valence-corrected chi connectivity index (χ2v) is 6.70. The SMILES string of the molecule is O=C(c1cccc2ncccc12)N1CCN(C[C@H]2CCOC2)CC1. The van der Waals surface area contributed by atoms with Gasteiger partial charge in [0.25, 0.3) is 5.91 Å². The standard InChI is InChI=1S/C19H23N3O2/c23-19(17-3-1-5-18-16(17)4-2-7-20-18)22-10-8-21(9-11-22)13-15-6-12-24-14-15/h1-5,7,15H,6,8-14H2/t15-/m1/s1. The van der Waals surface area contributed by atoms with Gasteiger partial charge in [0, 0.05) is 56.5 Å². The van der Waals surface area contributed by atoms with Crippen molar-refractivity contribution < 1.29 is 9.53 Å². The van der Waals surface area contributed by atoms with Crippen molar-refractivity contribution >= 4 is 16.8 Å². The number of fused-ring (bicyclic) bond motifs is 1. The van der Waals surface area contributed by atoms with Crippen molar-refractivity contribution in [2.24, 2.45) is 5.92 Å². The summed E-state index contributed by atoms with van der Waals surface area (Å²) >= 11 is 0. The third kappa shape index (κ3) is 3.14. The van der Waals surface area contributed by atoms with Crippen LogP contribution in [0.25, 0.3) is 10.9 Å². The van der Waals surface area contributed by atoms with E-state index in [2.05, 4.69) is 9.88 Å². The van der Waals surface area contributed by atoms with Crippen molar-refractivity contribution in [1.82, 2.24) is 14.8 Å². The number of benzene rings is 1. The molecule has 2 aliphatic rings. The van der Waals surface area contributed by atoms with Gasteiger partial charge in [0.2, 0.25) is 0 Å². The number of rotatable bonds is 3. The predicted molar refractivity (Wildman–Crippen MR) is 93.0 cm³/mol. The van der Waals surface area contributed by atoms with Crippen LogP contribution < -0.4 is 0 Å².